The van der Waals surface area contributed by atoms with Crippen molar-refractivity contribution in [2.24, 2.45) is 5.14 Å². The van der Waals surface area contributed by atoms with E-state index in [1.807, 2.05) is 24.3 Å². The summed E-state index contributed by atoms with van der Waals surface area (Å²) in [5, 5.41) is 7.38. The minimum atomic E-state index is -3.48. The molecule has 0 spiro atoms. The molecule has 21 heavy (non-hydrogen) atoms. The van der Waals surface area contributed by atoms with Crippen LogP contribution in [-0.2, 0) is 14.8 Å². The van der Waals surface area contributed by atoms with E-state index < -0.39 is 10.0 Å². The van der Waals surface area contributed by atoms with Gasteiger partial charge in [-0.2, -0.15) is 0 Å². The Hall–Kier alpha value is -1.34. The number of sulfonamides is 1. The molecule has 2 aromatic carbocycles. The fourth-order valence-corrected chi connectivity index (χ4v) is 2.43. The third kappa shape index (κ3) is 4.86. The van der Waals surface area contributed by atoms with Crippen LogP contribution in [0.4, 0.5) is 0 Å². The van der Waals surface area contributed by atoms with Gasteiger partial charge in [-0.3, -0.25) is 0 Å². The zero-order chi connectivity index (χ0) is 15.3. The second-order valence-electron chi connectivity index (χ2n) is 4.42. The van der Waals surface area contributed by atoms with E-state index in [0.29, 0.717) is 17.4 Å². The van der Waals surface area contributed by atoms with E-state index in [1.165, 1.54) is 0 Å². The molecule has 0 saturated heterocycles. The van der Waals surface area contributed by atoms with Crippen molar-refractivity contribution >= 4 is 32.4 Å². The van der Waals surface area contributed by atoms with Crippen molar-refractivity contribution in [2.45, 2.75) is 0 Å². The third-order valence-electron chi connectivity index (χ3n) is 2.83. The molecule has 0 amide bonds. The molecule has 2 aromatic rings. The van der Waals surface area contributed by atoms with Crippen molar-refractivity contribution in [3.8, 4) is 5.75 Å². The van der Waals surface area contributed by atoms with Gasteiger partial charge in [-0.05, 0) is 12.1 Å². The zero-order valence-electron chi connectivity index (χ0n) is 11.3. The first-order valence-electron chi connectivity index (χ1n) is 6.35. The second kappa shape index (κ2) is 7.09. The minimum Gasteiger partial charge on any atom is -0.491 e. The molecule has 114 valence electrons. The van der Waals surface area contributed by atoms with E-state index in [1.54, 1.807) is 12.1 Å². The van der Waals surface area contributed by atoms with Crippen LogP contribution in [0.2, 0.25) is 5.02 Å². The highest BCUT2D eigenvalue weighted by atomic mass is 35.5. The summed E-state index contributed by atoms with van der Waals surface area (Å²) < 4.78 is 32.2. The summed E-state index contributed by atoms with van der Waals surface area (Å²) in [7, 11) is -3.48. The van der Waals surface area contributed by atoms with E-state index >= 15 is 0 Å². The summed E-state index contributed by atoms with van der Waals surface area (Å²) in [4.78, 5) is 0. The number of benzene rings is 2. The quantitative estimate of drug-likeness (QED) is 0.790. The molecule has 2 N–H and O–H groups in total. The van der Waals surface area contributed by atoms with Crippen LogP contribution in [0, 0.1) is 0 Å². The largest absolute Gasteiger partial charge is 0.491 e. The Morgan fingerprint density at radius 1 is 1.00 bits per heavy atom. The third-order valence-corrected chi connectivity index (χ3v) is 3.89. The Morgan fingerprint density at radius 2 is 1.71 bits per heavy atom. The van der Waals surface area contributed by atoms with Crippen LogP contribution in [0.5, 0.6) is 5.75 Å². The predicted octanol–water partition coefficient (Wildman–Crippen LogP) is 2.18. The number of hydrogen-bond donors (Lipinski definition) is 1. The summed E-state index contributed by atoms with van der Waals surface area (Å²) >= 11 is 6.13. The van der Waals surface area contributed by atoms with Gasteiger partial charge in [0, 0.05) is 15.8 Å². The maximum Gasteiger partial charge on any atom is 0.211 e. The van der Waals surface area contributed by atoms with Crippen molar-refractivity contribution in [1.29, 1.82) is 0 Å². The van der Waals surface area contributed by atoms with Gasteiger partial charge in [-0.25, -0.2) is 13.6 Å². The average molecular weight is 330 g/mol. The van der Waals surface area contributed by atoms with Crippen molar-refractivity contribution in [1.82, 2.24) is 0 Å². The fourth-order valence-electron chi connectivity index (χ4n) is 1.85. The number of ether oxygens (including phenoxy) is 2. The van der Waals surface area contributed by atoms with Crippen LogP contribution < -0.4 is 9.88 Å². The molecule has 0 heterocycles. The zero-order valence-corrected chi connectivity index (χ0v) is 12.9. The Balaban J connectivity index is 1.88. The SMILES string of the molecule is NS(=O)(=O)CCOCCOc1ccc(Cl)c2ccccc12. The Morgan fingerprint density at radius 3 is 2.43 bits per heavy atom. The van der Waals surface area contributed by atoms with Gasteiger partial charge in [0.15, 0.2) is 0 Å². The Labute approximate surface area is 128 Å². The molecule has 0 unspecified atom stereocenters. The summed E-state index contributed by atoms with van der Waals surface area (Å²) in [5.74, 6) is 0.515. The van der Waals surface area contributed by atoms with E-state index in [0.717, 1.165) is 10.8 Å². The number of halogens is 1. The molecule has 0 atom stereocenters. The molecule has 0 saturated carbocycles. The van der Waals surface area contributed by atoms with Crippen LogP contribution in [0.25, 0.3) is 10.8 Å². The van der Waals surface area contributed by atoms with Crippen LogP contribution in [0.1, 0.15) is 0 Å². The summed E-state index contributed by atoms with van der Waals surface area (Å²) in [6.07, 6.45) is 0. The number of fused-ring (bicyclic) bond motifs is 1. The van der Waals surface area contributed by atoms with Gasteiger partial charge in [0.25, 0.3) is 0 Å². The van der Waals surface area contributed by atoms with Gasteiger partial charge in [-0.1, -0.05) is 35.9 Å². The summed E-state index contributed by atoms with van der Waals surface area (Å²) in [5.41, 5.74) is 0. The smallest absolute Gasteiger partial charge is 0.211 e. The second-order valence-corrected chi connectivity index (χ2v) is 6.56. The molecule has 0 bridgehead atoms. The van der Waals surface area contributed by atoms with Gasteiger partial charge in [0.2, 0.25) is 10.0 Å². The van der Waals surface area contributed by atoms with Crippen molar-refractivity contribution in [3.63, 3.8) is 0 Å². The molecule has 0 aliphatic rings. The molecule has 0 aliphatic heterocycles. The van der Waals surface area contributed by atoms with Gasteiger partial charge < -0.3 is 9.47 Å². The first-order valence-corrected chi connectivity index (χ1v) is 8.45. The molecule has 7 heteroatoms. The monoisotopic (exact) mass is 329 g/mol. The summed E-state index contributed by atoms with van der Waals surface area (Å²) in [6.45, 7) is 0.659. The molecule has 2 rings (SSSR count). The molecule has 0 aromatic heterocycles. The summed E-state index contributed by atoms with van der Waals surface area (Å²) in [6, 6.07) is 11.3. The molecule has 5 nitrogen and oxygen atoms in total. The van der Waals surface area contributed by atoms with Crippen molar-refractivity contribution in [2.75, 3.05) is 25.6 Å². The first kappa shape index (κ1) is 16.0. The molecular formula is C14H16ClNO4S. The fraction of sp³-hybridized carbons (Fsp3) is 0.286. The normalized spacial score (nSPS) is 11.7. The number of hydrogen-bond acceptors (Lipinski definition) is 4. The maximum atomic E-state index is 10.7. The lowest BCUT2D eigenvalue weighted by Gasteiger charge is -2.10. The number of rotatable bonds is 7. The van der Waals surface area contributed by atoms with Gasteiger partial charge in [0.05, 0.1) is 19.0 Å². The minimum absolute atomic E-state index is 0.0591. The van der Waals surface area contributed by atoms with E-state index in [2.05, 4.69) is 0 Å². The van der Waals surface area contributed by atoms with Gasteiger partial charge in [-0.15, -0.1) is 0 Å². The average Bonchev–Trinajstić information content (AvgIpc) is 2.44. The first-order chi connectivity index (χ1) is 9.97. The van der Waals surface area contributed by atoms with E-state index in [4.69, 9.17) is 26.2 Å². The van der Waals surface area contributed by atoms with Gasteiger partial charge in [0.1, 0.15) is 12.4 Å². The van der Waals surface area contributed by atoms with Gasteiger partial charge >= 0.3 is 0 Å². The lowest BCUT2D eigenvalue weighted by atomic mass is 10.1. The predicted molar refractivity (Wildman–Crippen MR) is 83.2 cm³/mol. The topological polar surface area (TPSA) is 78.6 Å². The lowest BCUT2D eigenvalue weighted by molar-refractivity contribution is 0.112. The number of primary sulfonamides is 1. The van der Waals surface area contributed by atoms with Crippen LogP contribution >= 0.6 is 11.6 Å². The maximum absolute atomic E-state index is 10.7. The van der Waals surface area contributed by atoms with Crippen LogP contribution in [-0.4, -0.2) is 34.0 Å². The van der Waals surface area contributed by atoms with Crippen molar-refractivity contribution in [3.05, 3.63) is 41.4 Å². The standard InChI is InChI=1S/C14H16ClNO4S/c15-13-5-6-14(12-4-2-1-3-11(12)13)20-8-7-19-9-10-21(16,17)18/h1-6H,7-10H2,(H2,16,17,18). The molecule has 0 radical (unpaired) electrons. The Kier molecular flexibility index (Phi) is 5.41. The van der Waals surface area contributed by atoms with E-state index in [9.17, 15) is 8.42 Å². The van der Waals surface area contributed by atoms with Crippen LogP contribution in [0.3, 0.4) is 0 Å². The highest BCUT2D eigenvalue weighted by molar-refractivity contribution is 7.89. The van der Waals surface area contributed by atoms with Crippen molar-refractivity contribution < 1.29 is 17.9 Å². The highest BCUT2D eigenvalue weighted by Crippen LogP contribution is 2.31. The number of nitrogens with two attached hydrogens (primary N) is 1. The lowest BCUT2D eigenvalue weighted by Crippen LogP contribution is -2.21. The molecule has 0 aliphatic carbocycles. The van der Waals surface area contributed by atoms with E-state index in [-0.39, 0.29) is 19.0 Å². The highest BCUT2D eigenvalue weighted by Gasteiger charge is 2.05. The molecule has 0 fully saturated rings. The van der Waals surface area contributed by atoms with Crippen LogP contribution in [0.15, 0.2) is 36.4 Å². The Bertz CT molecular complexity index is 718. The molecular weight excluding hydrogens is 314 g/mol.